The Bertz CT molecular complexity index is 799. The summed E-state index contributed by atoms with van der Waals surface area (Å²) in [5, 5.41) is 9.84. The van der Waals surface area contributed by atoms with Gasteiger partial charge in [-0.2, -0.15) is 0 Å². The van der Waals surface area contributed by atoms with Gasteiger partial charge in [-0.25, -0.2) is 4.68 Å². The maximum atomic E-state index is 6.13. The average Bonchev–Trinajstić information content (AvgIpc) is 2.89. The number of thioether (sulfide) groups is 1. The summed E-state index contributed by atoms with van der Waals surface area (Å²) in [6.45, 7) is 2.11. The van der Waals surface area contributed by atoms with Crippen molar-refractivity contribution in [3.63, 3.8) is 0 Å². The maximum absolute atomic E-state index is 6.13. The van der Waals surface area contributed by atoms with Crippen molar-refractivity contribution >= 4 is 23.4 Å². The van der Waals surface area contributed by atoms with Crippen LogP contribution in [0.5, 0.6) is 0 Å². The zero-order valence-electron chi connectivity index (χ0n) is 12.7. The molecule has 4 nitrogen and oxygen atoms in total. The van der Waals surface area contributed by atoms with Crippen molar-refractivity contribution < 1.29 is 0 Å². The smallest absolute Gasteiger partial charge is 0.210 e. The van der Waals surface area contributed by atoms with E-state index in [-0.39, 0.29) is 0 Å². The molecule has 0 spiro atoms. The number of aryl methyl sites for hydroxylation is 1. The predicted molar refractivity (Wildman–Crippen MR) is 95.2 cm³/mol. The topological polar surface area (TPSA) is 56.7 Å². The summed E-state index contributed by atoms with van der Waals surface area (Å²) < 4.78 is 1.57. The van der Waals surface area contributed by atoms with Crippen LogP contribution in [0.1, 0.15) is 22.5 Å². The average molecular weight is 345 g/mol. The Labute approximate surface area is 144 Å². The fraction of sp³-hybridized carbons (Fsp3) is 0.176. The van der Waals surface area contributed by atoms with E-state index < -0.39 is 0 Å². The predicted octanol–water partition coefficient (Wildman–Crippen LogP) is 3.84. The summed E-state index contributed by atoms with van der Waals surface area (Å²) in [5.74, 6) is 7.69. The van der Waals surface area contributed by atoms with Gasteiger partial charge in [0.15, 0.2) is 5.82 Å². The SMILES string of the molecule is Cc1ccccc1CSc1nnc(Cc2ccc(Cl)cc2)n1N. The normalized spacial score (nSPS) is 10.9. The van der Waals surface area contributed by atoms with Gasteiger partial charge in [0.2, 0.25) is 5.16 Å². The molecular weight excluding hydrogens is 328 g/mol. The monoisotopic (exact) mass is 344 g/mol. The van der Waals surface area contributed by atoms with Crippen LogP contribution in [0.15, 0.2) is 53.7 Å². The van der Waals surface area contributed by atoms with Crippen molar-refractivity contribution in [2.24, 2.45) is 0 Å². The van der Waals surface area contributed by atoms with Crippen LogP contribution in [0.4, 0.5) is 0 Å². The van der Waals surface area contributed by atoms with E-state index in [1.165, 1.54) is 11.1 Å². The molecule has 3 rings (SSSR count). The Hall–Kier alpha value is -1.98. The Morgan fingerprint density at radius 1 is 1.09 bits per heavy atom. The largest absolute Gasteiger partial charge is 0.336 e. The number of hydrogen-bond donors (Lipinski definition) is 1. The van der Waals surface area contributed by atoms with Crippen LogP contribution in [0.3, 0.4) is 0 Å². The Morgan fingerprint density at radius 2 is 1.83 bits per heavy atom. The first-order valence-electron chi connectivity index (χ1n) is 7.24. The highest BCUT2D eigenvalue weighted by Crippen LogP contribution is 2.23. The number of hydrogen-bond acceptors (Lipinski definition) is 4. The fourth-order valence-electron chi connectivity index (χ4n) is 2.23. The third kappa shape index (κ3) is 3.86. The lowest BCUT2D eigenvalue weighted by Gasteiger charge is -2.06. The zero-order chi connectivity index (χ0) is 16.2. The van der Waals surface area contributed by atoms with E-state index in [2.05, 4.69) is 29.3 Å². The summed E-state index contributed by atoms with van der Waals surface area (Å²) >= 11 is 7.49. The molecule has 0 bridgehead atoms. The van der Waals surface area contributed by atoms with Crippen molar-refractivity contribution in [3.8, 4) is 0 Å². The molecule has 0 fully saturated rings. The van der Waals surface area contributed by atoms with E-state index in [0.29, 0.717) is 6.42 Å². The van der Waals surface area contributed by atoms with Crippen molar-refractivity contribution in [1.82, 2.24) is 14.9 Å². The second-order valence-corrected chi connectivity index (χ2v) is 6.67. The van der Waals surface area contributed by atoms with E-state index >= 15 is 0 Å². The van der Waals surface area contributed by atoms with Crippen LogP contribution in [-0.4, -0.2) is 14.9 Å². The van der Waals surface area contributed by atoms with Crippen LogP contribution in [0, 0.1) is 6.92 Å². The van der Waals surface area contributed by atoms with Gasteiger partial charge in [0.25, 0.3) is 0 Å². The molecule has 118 valence electrons. The van der Waals surface area contributed by atoms with Gasteiger partial charge < -0.3 is 5.84 Å². The minimum Gasteiger partial charge on any atom is -0.336 e. The Morgan fingerprint density at radius 3 is 2.57 bits per heavy atom. The molecule has 0 radical (unpaired) electrons. The van der Waals surface area contributed by atoms with Crippen molar-refractivity contribution in [2.75, 3.05) is 5.84 Å². The van der Waals surface area contributed by atoms with Crippen LogP contribution in [-0.2, 0) is 12.2 Å². The third-order valence-corrected chi connectivity index (χ3v) is 4.87. The minimum absolute atomic E-state index is 0.631. The van der Waals surface area contributed by atoms with Gasteiger partial charge in [-0.1, -0.05) is 59.8 Å². The minimum atomic E-state index is 0.631. The number of halogens is 1. The Kier molecular flexibility index (Phi) is 4.88. The van der Waals surface area contributed by atoms with E-state index in [1.54, 1.807) is 16.4 Å². The van der Waals surface area contributed by atoms with Crippen LogP contribution >= 0.6 is 23.4 Å². The number of nitrogens with two attached hydrogens (primary N) is 1. The summed E-state index contributed by atoms with van der Waals surface area (Å²) in [4.78, 5) is 0. The van der Waals surface area contributed by atoms with Gasteiger partial charge in [-0.15, -0.1) is 10.2 Å². The number of nitrogens with zero attached hydrogens (tertiary/aromatic N) is 3. The van der Waals surface area contributed by atoms with Gasteiger partial charge >= 0.3 is 0 Å². The molecular formula is C17H17ClN4S. The van der Waals surface area contributed by atoms with Crippen molar-refractivity contribution in [2.45, 2.75) is 24.3 Å². The molecule has 0 saturated carbocycles. The molecule has 0 unspecified atom stereocenters. The summed E-state index contributed by atoms with van der Waals surface area (Å²) in [7, 11) is 0. The van der Waals surface area contributed by atoms with E-state index in [0.717, 1.165) is 27.3 Å². The number of rotatable bonds is 5. The first-order chi connectivity index (χ1) is 11.1. The number of aromatic nitrogens is 3. The summed E-state index contributed by atoms with van der Waals surface area (Å²) in [5.41, 5.74) is 3.65. The molecule has 0 amide bonds. The van der Waals surface area contributed by atoms with Gasteiger partial charge in [-0.05, 0) is 35.7 Å². The molecule has 1 aromatic heterocycles. The molecule has 0 saturated heterocycles. The zero-order valence-corrected chi connectivity index (χ0v) is 14.3. The maximum Gasteiger partial charge on any atom is 0.210 e. The summed E-state index contributed by atoms with van der Waals surface area (Å²) in [6.07, 6.45) is 0.631. The lowest BCUT2D eigenvalue weighted by molar-refractivity contribution is 0.805. The number of nitrogen functional groups attached to an aromatic ring is 1. The highest BCUT2D eigenvalue weighted by Gasteiger charge is 2.11. The van der Waals surface area contributed by atoms with Gasteiger partial charge in [0, 0.05) is 17.2 Å². The van der Waals surface area contributed by atoms with Crippen molar-refractivity contribution in [3.05, 3.63) is 76.1 Å². The molecule has 6 heteroatoms. The van der Waals surface area contributed by atoms with E-state index in [9.17, 15) is 0 Å². The lowest BCUT2D eigenvalue weighted by atomic mass is 10.1. The summed E-state index contributed by atoms with van der Waals surface area (Å²) in [6, 6.07) is 16.0. The number of benzene rings is 2. The van der Waals surface area contributed by atoms with E-state index in [4.69, 9.17) is 17.4 Å². The first kappa shape index (κ1) is 15.9. The molecule has 0 aliphatic heterocycles. The molecule has 1 heterocycles. The lowest BCUT2D eigenvalue weighted by Crippen LogP contribution is -2.14. The Balaban J connectivity index is 1.69. The van der Waals surface area contributed by atoms with Gasteiger partial charge in [0.1, 0.15) is 0 Å². The second-order valence-electron chi connectivity index (χ2n) is 5.29. The second kappa shape index (κ2) is 7.06. The van der Waals surface area contributed by atoms with Crippen LogP contribution < -0.4 is 5.84 Å². The highest BCUT2D eigenvalue weighted by atomic mass is 35.5. The van der Waals surface area contributed by atoms with E-state index in [1.807, 2.05) is 36.4 Å². The fourth-order valence-corrected chi connectivity index (χ4v) is 3.30. The molecule has 0 aliphatic rings. The highest BCUT2D eigenvalue weighted by molar-refractivity contribution is 7.98. The molecule has 23 heavy (non-hydrogen) atoms. The van der Waals surface area contributed by atoms with Gasteiger partial charge in [0.05, 0.1) is 0 Å². The third-order valence-electron chi connectivity index (χ3n) is 3.63. The molecule has 3 aromatic rings. The van der Waals surface area contributed by atoms with Gasteiger partial charge in [-0.3, -0.25) is 0 Å². The van der Waals surface area contributed by atoms with Crippen LogP contribution in [0.2, 0.25) is 5.02 Å². The molecule has 0 aliphatic carbocycles. The first-order valence-corrected chi connectivity index (χ1v) is 8.61. The van der Waals surface area contributed by atoms with Crippen LogP contribution in [0.25, 0.3) is 0 Å². The molecule has 0 atom stereocenters. The van der Waals surface area contributed by atoms with Crippen molar-refractivity contribution in [1.29, 1.82) is 0 Å². The molecule has 2 N–H and O–H groups in total. The standard InChI is InChI=1S/C17H17ClN4S/c1-12-4-2-3-5-14(12)11-23-17-21-20-16(22(17)19)10-13-6-8-15(18)9-7-13/h2-9H,10-11,19H2,1H3. The quantitative estimate of drug-likeness (QED) is 0.564. The molecule has 2 aromatic carbocycles.